The maximum absolute atomic E-state index is 8.35. The normalized spacial score (nSPS) is 3.23. The van der Waals surface area contributed by atoms with Crippen LogP contribution in [0.3, 0.4) is 0 Å². The van der Waals surface area contributed by atoms with E-state index in [1.165, 1.54) is 0 Å². The molecule has 0 unspecified atom stereocenters. The van der Waals surface area contributed by atoms with Crippen LogP contribution in [0.2, 0.25) is 0 Å². The van der Waals surface area contributed by atoms with Crippen LogP contribution in [0.25, 0.3) is 0 Å². The summed E-state index contributed by atoms with van der Waals surface area (Å²) < 4.78 is 16.7. The molecule has 0 amide bonds. The van der Waals surface area contributed by atoms with Crippen LogP contribution in [0.1, 0.15) is 0 Å². The SMILES string of the molecule is O.O.O.O.O.O.O=P[O-].O=P[O-].[Co+2]. The molecule has 0 aromatic rings. The molecule has 0 heterocycles. The zero-order valence-corrected chi connectivity index (χ0v) is 8.69. The predicted octanol–water partition coefficient (Wildman–Crippen LogP) is -5.84. The number of hydrogen-bond donors (Lipinski definition) is 0. The van der Waals surface area contributed by atoms with Gasteiger partial charge in [0.25, 0.3) is 0 Å². The summed E-state index contributed by atoms with van der Waals surface area (Å²) in [6.07, 6.45) is 0. The molecule has 0 spiro atoms. The van der Waals surface area contributed by atoms with Crippen LogP contribution in [-0.4, -0.2) is 32.9 Å². The predicted molar refractivity (Wildman–Crippen MR) is 36.9 cm³/mol. The fourth-order valence-corrected chi connectivity index (χ4v) is 0. The van der Waals surface area contributed by atoms with Crippen molar-refractivity contribution in [3.05, 3.63) is 0 Å². The summed E-state index contributed by atoms with van der Waals surface area (Å²) in [5, 5.41) is 0. The maximum Gasteiger partial charge on any atom is 2.00 e. The zero-order valence-electron chi connectivity index (χ0n) is 5.86. The van der Waals surface area contributed by atoms with Crippen LogP contribution in [-0.2, 0) is 25.9 Å². The van der Waals surface area contributed by atoms with Crippen molar-refractivity contribution < 1.29 is 68.6 Å². The number of rotatable bonds is 0. The van der Waals surface area contributed by atoms with E-state index in [4.69, 9.17) is 18.9 Å². The minimum atomic E-state index is -1.08. The Morgan fingerprint density at radius 2 is 0.615 bits per heavy atom. The Kier molecular flexibility index (Phi) is 2320. The molecule has 0 aliphatic carbocycles. The van der Waals surface area contributed by atoms with Gasteiger partial charge in [0.15, 0.2) is 0 Å². The van der Waals surface area contributed by atoms with Gasteiger partial charge in [-0.25, -0.2) is 0 Å². The fraction of sp³-hybridized carbons (Fsp3) is 0. The summed E-state index contributed by atoms with van der Waals surface area (Å²) in [4.78, 5) is 16.7. The van der Waals surface area contributed by atoms with E-state index in [0.717, 1.165) is 0 Å². The van der Waals surface area contributed by atoms with Gasteiger partial charge < -0.3 is 42.6 Å². The van der Waals surface area contributed by atoms with Gasteiger partial charge in [-0.2, -0.15) is 0 Å². The third-order valence-electron chi connectivity index (χ3n) is 0. The summed E-state index contributed by atoms with van der Waals surface area (Å²) in [5.74, 6) is 0. The summed E-state index contributed by atoms with van der Waals surface area (Å²) in [6.45, 7) is 0. The molecule has 91 valence electrons. The van der Waals surface area contributed by atoms with E-state index >= 15 is 0 Å². The molecule has 0 bridgehead atoms. The Bertz CT molecular complexity index is 33.9. The van der Waals surface area contributed by atoms with Crippen LogP contribution in [0, 0.1) is 0 Å². The molecule has 0 aliphatic rings. The minimum Gasteiger partial charge on any atom is -0.772 e. The van der Waals surface area contributed by atoms with Gasteiger partial charge in [0.05, 0.1) is 17.4 Å². The van der Waals surface area contributed by atoms with Crippen molar-refractivity contribution in [2.24, 2.45) is 0 Å². The smallest absolute Gasteiger partial charge is 0.772 e. The summed E-state index contributed by atoms with van der Waals surface area (Å²) in [5.41, 5.74) is 0. The molecule has 0 saturated heterocycles. The van der Waals surface area contributed by atoms with Crippen LogP contribution in [0.5, 0.6) is 0 Å². The van der Waals surface area contributed by atoms with Crippen molar-refractivity contribution in [3.8, 4) is 0 Å². The second-order valence-electron chi connectivity index (χ2n) is 0.149. The van der Waals surface area contributed by atoms with Gasteiger partial charge in [-0.15, -0.1) is 0 Å². The van der Waals surface area contributed by atoms with Crippen molar-refractivity contribution >= 4 is 17.4 Å². The standard InChI is InChI=1S/Co.2HO2P.6H2O/c;2*1-3-2;;;;;;/h;2*(H,1,2);6*1H2/q+2;;;;;;;;/p-2. The first-order valence-electron chi connectivity index (χ1n) is 0.730. The van der Waals surface area contributed by atoms with E-state index in [1.54, 1.807) is 0 Å². The molecule has 13 heteroatoms. The Labute approximate surface area is 86.6 Å². The van der Waals surface area contributed by atoms with Crippen LogP contribution < -0.4 is 9.79 Å². The molecular weight excluding hydrogens is 281 g/mol. The third kappa shape index (κ3) is 8950. The molecule has 0 fully saturated rings. The van der Waals surface area contributed by atoms with Gasteiger partial charge >= 0.3 is 16.8 Å². The summed E-state index contributed by atoms with van der Waals surface area (Å²) in [6, 6.07) is 0. The molecule has 0 aromatic carbocycles. The molecule has 10 nitrogen and oxygen atoms in total. The zero-order chi connectivity index (χ0) is 5.41. The monoisotopic (exact) mass is 293 g/mol. The fourth-order valence-electron chi connectivity index (χ4n) is 0. The van der Waals surface area contributed by atoms with E-state index in [2.05, 4.69) is 0 Å². The second kappa shape index (κ2) is 282. The molecule has 0 aliphatic heterocycles. The average Bonchev–Trinajstić information content (AvgIpc) is 1.39. The average molecular weight is 293 g/mol. The van der Waals surface area contributed by atoms with Gasteiger partial charge in [0.2, 0.25) is 0 Å². The quantitative estimate of drug-likeness (QED) is 0.394. The van der Waals surface area contributed by atoms with Gasteiger partial charge in [-0.05, 0) is 0 Å². The first-order chi connectivity index (χ1) is 2.83. The summed E-state index contributed by atoms with van der Waals surface area (Å²) in [7, 11) is -2.17. The maximum atomic E-state index is 8.35. The van der Waals surface area contributed by atoms with Gasteiger partial charge in [-0.1, -0.05) is 0 Å². The van der Waals surface area contributed by atoms with Crippen LogP contribution in [0.15, 0.2) is 0 Å². The second-order valence-corrected chi connectivity index (χ2v) is 0.447. The van der Waals surface area contributed by atoms with Gasteiger partial charge in [-0.3, -0.25) is 9.13 Å². The molecule has 13 heavy (non-hydrogen) atoms. The van der Waals surface area contributed by atoms with Gasteiger partial charge in [0.1, 0.15) is 0 Å². The largest absolute Gasteiger partial charge is 2.00 e. The molecule has 0 rings (SSSR count). The Hall–Kier alpha value is 0.386. The van der Waals surface area contributed by atoms with Crippen molar-refractivity contribution in [1.29, 1.82) is 0 Å². The van der Waals surface area contributed by atoms with Crippen LogP contribution >= 0.6 is 17.4 Å². The molecule has 0 saturated carbocycles. The van der Waals surface area contributed by atoms with E-state index < -0.39 is 17.4 Å². The Morgan fingerprint density at radius 1 is 0.615 bits per heavy atom. The first kappa shape index (κ1) is 107. The van der Waals surface area contributed by atoms with E-state index in [9.17, 15) is 0 Å². The van der Waals surface area contributed by atoms with E-state index in [1.807, 2.05) is 0 Å². The summed E-state index contributed by atoms with van der Waals surface area (Å²) >= 11 is 0. The first-order valence-corrected chi connectivity index (χ1v) is 2.19. The van der Waals surface area contributed by atoms with Crippen LogP contribution in [0.4, 0.5) is 0 Å². The minimum absolute atomic E-state index is 0. The molecule has 0 aromatic heterocycles. The van der Waals surface area contributed by atoms with E-state index in [0.29, 0.717) is 0 Å². The molecule has 0 atom stereocenters. The van der Waals surface area contributed by atoms with Crippen molar-refractivity contribution in [1.82, 2.24) is 0 Å². The molecule has 1 radical (unpaired) electrons. The van der Waals surface area contributed by atoms with E-state index in [-0.39, 0.29) is 49.6 Å². The molecular formula is H12CoO10P2. The number of hydrogen-bond acceptors (Lipinski definition) is 4. The third-order valence-corrected chi connectivity index (χ3v) is 0. The van der Waals surface area contributed by atoms with Crippen molar-refractivity contribution in [2.75, 3.05) is 0 Å². The molecule has 12 N–H and O–H groups in total. The Morgan fingerprint density at radius 3 is 0.615 bits per heavy atom. The van der Waals surface area contributed by atoms with Gasteiger partial charge in [0, 0.05) is 0 Å². The van der Waals surface area contributed by atoms with Crippen molar-refractivity contribution in [2.45, 2.75) is 0 Å². The van der Waals surface area contributed by atoms with Crippen molar-refractivity contribution in [3.63, 3.8) is 0 Å². The Balaban J connectivity index is -0.00000000229. The topological polar surface area (TPSA) is 269 Å².